The molecule has 0 aliphatic carbocycles. The molecule has 84 valence electrons. The lowest BCUT2D eigenvalue weighted by Crippen LogP contribution is -2.02. The van der Waals surface area contributed by atoms with Gasteiger partial charge < -0.3 is 10.5 Å². The molecule has 2 rings (SSSR count). The highest BCUT2D eigenvalue weighted by atomic mass is 32.1. The van der Waals surface area contributed by atoms with Crippen molar-refractivity contribution in [1.29, 1.82) is 0 Å². The smallest absolute Gasteiger partial charge is 0.213 e. The van der Waals surface area contributed by atoms with Gasteiger partial charge in [-0.2, -0.15) is 0 Å². The average Bonchev–Trinajstić information content (AvgIpc) is 2.79. The first-order valence-electron chi connectivity index (χ1n) is 5.11. The number of rotatable bonds is 4. The topological polar surface area (TPSA) is 48.1 Å². The second-order valence-corrected chi connectivity index (χ2v) is 4.50. The monoisotopic (exact) mass is 234 g/mol. The van der Waals surface area contributed by atoms with E-state index in [1.54, 1.807) is 11.3 Å². The molecule has 3 nitrogen and oxygen atoms in total. The molecule has 4 heteroatoms. The quantitative estimate of drug-likeness (QED) is 0.884. The van der Waals surface area contributed by atoms with Gasteiger partial charge in [-0.25, -0.2) is 4.98 Å². The molecule has 0 bridgehead atoms. The molecule has 0 saturated carbocycles. The third-order valence-electron chi connectivity index (χ3n) is 2.33. The largest absolute Gasteiger partial charge is 0.472 e. The van der Waals surface area contributed by atoms with E-state index in [1.807, 2.05) is 36.6 Å². The molecule has 0 aromatic carbocycles. The number of aryl methyl sites for hydroxylation is 1. The summed E-state index contributed by atoms with van der Waals surface area (Å²) in [4.78, 5) is 5.54. The fraction of sp³-hybridized carbons (Fsp3) is 0.250. The number of ether oxygens (including phenoxy) is 1. The second kappa shape index (κ2) is 5.09. The van der Waals surface area contributed by atoms with E-state index in [-0.39, 0.29) is 0 Å². The van der Waals surface area contributed by atoms with Crippen molar-refractivity contribution in [2.24, 2.45) is 5.73 Å². The Morgan fingerprint density at radius 3 is 2.88 bits per heavy atom. The summed E-state index contributed by atoms with van der Waals surface area (Å²) in [5.74, 6) is 0.656. The Balaban J connectivity index is 2.02. The standard InChI is InChI=1S/C12H14N2OS/c1-9-10(7-13)4-5-12(14-9)15-8-11-3-2-6-16-11/h2-6H,7-8,13H2,1H3. The number of nitrogens with zero attached hydrogens (tertiary/aromatic N) is 1. The van der Waals surface area contributed by atoms with Crippen LogP contribution in [0.25, 0.3) is 0 Å². The van der Waals surface area contributed by atoms with Gasteiger partial charge >= 0.3 is 0 Å². The Morgan fingerprint density at radius 1 is 1.38 bits per heavy atom. The van der Waals surface area contributed by atoms with E-state index in [0.717, 1.165) is 11.3 Å². The molecule has 2 N–H and O–H groups in total. The number of aromatic nitrogens is 1. The number of pyridine rings is 1. The van der Waals surface area contributed by atoms with Crippen LogP contribution in [0.3, 0.4) is 0 Å². The minimum absolute atomic E-state index is 0.518. The van der Waals surface area contributed by atoms with Gasteiger partial charge in [-0.05, 0) is 23.9 Å². The van der Waals surface area contributed by atoms with Crippen LogP contribution < -0.4 is 10.5 Å². The van der Waals surface area contributed by atoms with Crippen molar-refractivity contribution < 1.29 is 4.74 Å². The Bertz CT molecular complexity index is 454. The molecule has 16 heavy (non-hydrogen) atoms. The predicted molar refractivity (Wildman–Crippen MR) is 65.5 cm³/mol. The van der Waals surface area contributed by atoms with Crippen LogP contribution in [0.15, 0.2) is 29.6 Å². The van der Waals surface area contributed by atoms with Gasteiger partial charge in [0.15, 0.2) is 0 Å². The predicted octanol–water partition coefficient (Wildman–Crippen LogP) is 2.49. The maximum absolute atomic E-state index is 5.59. The molecular formula is C12H14N2OS. The molecule has 2 aromatic heterocycles. The minimum Gasteiger partial charge on any atom is -0.472 e. The molecule has 0 aliphatic heterocycles. The molecule has 0 amide bonds. The van der Waals surface area contributed by atoms with Crippen LogP contribution in [0.5, 0.6) is 5.88 Å². The van der Waals surface area contributed by atoms with Crippen molar-refractivity contribution in [3.05, 3.63) is 45.8 Å². The number of thiophene rings is 1. The van der Waals surface area contributed by atoms with Gasteiger partial charge in [-0.1, -0.05) is 12.1 Å². The lowest BCUT2D eigenvalue weighted by atomic mass is 10.2. The summed E-state index contributed by atoms with van der Waals surface area (Å²) in [6.07, 6.45) is 0. The van der Waals surface area contributed by atoms with Gasteiger partial charge in [0.25, 0.3) is 0 Å². The minimum atomic E-state index is 0.518. The molecule has 2 heterocycles. The fourth-order valence-corrected chi connectivity index (χ4v) is 2.02. The van der Waals surface area contributed by atoms with Crippen LogP contribution in [0.4, 0.5) is 0 Å². The van der Waals surface area contributed by atoms with Crippen molar-refractivity contribution in [1.82, 2.24) is 4.98 Å². The van der Waals surface area contributed by atoms with Gasteiger partial charge in [0.1, 0.15) is 6.61 Å². The molecule has 0 atom stereocenters. The molecule has 0 saturated heterocycles. The number of hydrogen-bond acceptors (Lipinski definition) is 4. The van der Waals surface area contributed by atoms with Gasteiger partial charge in [-0.3, -0.25) is 0 Å². The first-order chi connectivity index (χ1) is 7.79. The SMILES string of the molecule is Cc1nc(OCc2cccs2)ccc1CN. The summed E-state index contributed by atoms with van der Waals surface area (Å²) < 4.78 is 5.59. The first-order valence-corrected chi connectivity index (χ1v) is 5.99. The van der Waals surface area contributed by atoms with Crippen LogP contribution in [-0.2, 0) is 13.2 Å². The highest BCUT2D eigenvalue weighted by molar-refractivity contribution is 7.09. The normalized spacial score (nSPS) is 10.4. The summed E-state index contributed by atoms with van der Waals surface area (Å²) in [7, 11) is 0. The van der Waals surface area contributed by atoms with E-state index in [1.165, 1.54) is 4.88 Å². The van der Waals surface area contributed by atoms with Crippen LogP contribution >= 0.6 is 11.3 Å². The molecule has 0 fully saturated rings. The van der Waals surface area contributed by atoms with Crippen molar-refractivity contribution in [3.63, 3.8) is 0 Å². The molecule has 0 unspecified atom stereocenters. The molecule has 0 spiro atoms. The van der Waals surface area contributed by atoms with Gasteiger partial charge in [0.05, 0.1) is 0 Å². The molecule has 2 aromatic rings. The Morgan fingerprint density at radius 2 is 2.25 bits per heavy atom. The Hall–Kier alpha value is -1.39. The van der Waals surface area contributed by atoms with E-state index in [0.29, 0.717) is 19.0 Å². The summed E-state index contributed by atoms with van der Waals surface area (Å²) in [6, 6.07) is 7.89. The van der Waals surface area contributed by atoms with Crippen LogP contribution in [0.1, 0.15) is 16.1 Å². The Kier molecular flexibility index (Phi) is 3.54. The summed E-state index contributed by atoms with van der Waals surface area (Å²) in [5, 5.41) is 2.04. The zero-order valence-electron chi connectivity index (χ0n) is 9.14. The lowest BCUT2D eigenvalue weighted by molar-refractivity contribution is 0.296. The van der Waals surface area contributed by atoms with Crippen LogP contribution in [0, 0.1) is 6.92 Å². The van der Waals surface area contributed by atoms with Crippen molar-refractivity contribution in [2.75, 3.05) is 0 Å². The lowest BCUT2D eigenvalue weighted by Gasteiger charge is -2.06. The van der Waals surface area contributed by atoms with E-state index < -0.39 is 0 Å². The molecular weight excluding hydrogens is 220 g/mol. The zero-order valence-corrected chi connectivity index (χ0v) is 9.96. The first kappa shape index (κ1) is 11.1. The van der Waals surface area contributed by atoms with Gasteiger partial charge in [0.2, 0.25) is 5.88 Å². The fourth-order valence-electron chi connectivity index (χ4n) is 1.40. The average molecular weight is 234 g/mol. The zero-order chi connectivity index (χ0) is 11.4. The van der Waals surface area contributed by atoms with Crippen molar-refractivity contribution in [3.8, 4) is 5.88 Å². The maximum atomic E-state index is 5.59. The summed E-state index contributed by atoms with van der Waals surface area (Å²) in [5.41, 5.74) is 7.57. The summed E-state index contributed by atoms with van der Waals surface area (Å²) >= 11 is 1.68. The third kappa shape index (κ3) is 2.59. The highest BCUT2D eigenvalue weighted by Crippen LogP contribution is 2.15. The van der Waals surface area contributed by atoms with Crippen LogP contribution in [0.2, 0.25) is 0 Å². The number of nitrogens with two attached hydrogens (primary N) is 1. The van der Waals surface area contributed by atoms with E-state index in [4.69, 9.17) is 10.5 Å². The maximum Gasteiger partial charge on any atom is 0.213 e. The highest BCUT2D eigenvalue weighted by Gasteiger charge is 2.01. The molecule has 0 aliphatic rings. The van der Waals surface area contributed by atoms with Crippen molar-refractivity contribution >= 4 is 11.3 Å². The summed E-state index contributed by atoms with van der Waals surface area (Å²) in [6.45, 7) is 3.04. The Labute approximate surface area is 98.9 Å². The van der Waals surface area contributed by atoms with Crippen molar-refractivity contribution in [2.45, 2.75) is 20.1 Å². The van der Waals surface area contributed by atoms with Crippen LogP contribution in [-0.4, -0.2) is 4.98 Å². The third-order valence-corrected chi connectivity index (χ3v) is 3.18. The second-order valence-electron chi connectivity index (χ2n) is 3.47. The molecule has 0 radical (unpaired) electrons. The van der Waals surface area contributed by atoms with Gasteiger partial charge in [-0.15, -0.1) is 11.3 Å². The van der Waals surface area contributed by atoms with E-state index >= 15 is 0 Å². The van der Waals surface area contributed by atoms with E-state index in [2.05, 4.69) is 4.98 Å². The number of hydrogen-bond donors (Lipinski definition) is 1. The van der Waals surface area contributed by atoms with Gasteiger partial charge in [0, 0.05) is 23.2 Å². The van der Waals surface area contributed by atoms with E-state index in [9.17, 15) is 0 Å².